The molecule has 6 heterocycles. The van der Waals surface area contributed by atoms with Gasteiger partial charge in [-0.3, -0.25) is 29.4 Å². The van der Waals surface area contributed by atoms with Crippen LogP contribution in [0.15, 0.2) is 147 Å². The van der Waals surface area contributed by atoms with Crippen molar-refractivity contribution >= 4 is 50.4 Å². The number of aryl methyl sites for hydroxylation is 1. The lowest BCUT2D eigenvalue weighted by molar-refractivity contribution is 0.0995. The molecule has 0 fully saturated rings. The zero-order valence-corrected chi connectivity index (χ0v) is 41.8. The van der Waals surface area contributed by atoms with Crippen LogP contribution in [0.2, 0.25) is 0 Å². The van der Waals surface area contributed by atoms with Crippen molar-refractivity contribution in [3.05, 3.63) is 229 Å². The second kappa shape index (κ2) is 20.5. The number of benzene rings is 6. The van der Waals surface area contributed by atoms with Gasteiger partial charge in [0, 0.05) is 58.6 Å². The molecule has 6 aromatic carbocycles. The molecule has 0 saturated carbocycles. The van der Waals surface area contributed by atoms with Crippen molar-refractivity contribution in [2.24, 2.45) is 15.0 Å². The van der Waals surface area contributed by atoms with Gasteiger partial charge in [-0.1, -0.05) is 64.0 Å². The van der Waals surface area contributed by atoms with Crippen molar-refractivity contribution in [2.75, 3.05) is 0 Å². The normalized spacial score (nSPS) is 12.8. The summed E-state index contributed by atoms with van der Waals surface area (Å²) in [5.41, 5.74) is 7.39. The molecule has 0 radical (unpaired) electrons. The number of hydrogen-bond acceptors (Lipinski definition) is 12. The van der Waals surface area contributed by atoms with Crippen LogP contribution in [0.1, 0.15) is 109 Å². The number of halogens is 5. The fourth-order valence-electron chi connectivity index (χ4n) is 8.51. The number of ketones is 3. The lowest BCUT2D eigenvalue weighted by Gasteiger charge is -2.12. The quantitative estimate of drug-likeness (QED) is 0.116. The molecule has 0 N–H and O–H groups in total. The minimum Gasteiger partial charge on any atom is -0.291 e. The van der Waals surface area contributed by atoms with Gasteiger partial charge in [-0.25, -0.2) is 46.6 Å². The predicted octanol–water partition coefficient (Wildman–Crippen LogP) is 10.1. The maximum absolute atomic E-state index is 14.4. The van der Waals surface area contributed by atoms with Gasteiger partial charge in [0.05, 0.1) is 53.8 Å². The van der Waals surface area contributed by atoms with Crippen molar-refractivity contribution in [1.82, 2.24) is 44.3 Å². The smallest absolute Gasteiger partial charge is 0.217 e. The van der Waals surface area contributed by atoms with Gasteiger partial charge in [-0.05, 0) is 91.9 Å². The Morgan fingerprint density at radius 2 is 0.787 bits per heavy atom. The molecule has 0 spiro atoms. The predicted molar refractivity (Wildman–Crippen MR) is 274 cm³/mol. The Morgan fingerprint density at radius 3 is 1.17 bits per heavy atom. The fraction of sp³-hybridized carbons (Fsp3) is 0.127. The highest BCUT2D eigenvalue weighted by Gasteiger charge is 2.28. The topological polar surface area (TPSA) is 180 Å². The summed E-state index contributed by atoms with van der Waals surface area (Å²) >= 11 is 3.45. The molecule has 9 aromatic rings. The van der Waals surface area contributed by atoms with E-state index in [0.717, 1.165) is 26.9 Å². The second-order valence-electron chi connectivity index (χ2n) is 17.2. The molecule has 3 aliphatic rings. The maximum atomic E-state index is 14.4. The summed E-state index contributed by atoms with van der Waals surface area (Å²) in [5.74, 6) is -0.380. The van der Waals surface area contributed by atoms with Crippen LogP contribution in [0.3, 0.4) is 0 Å². The van der Waals surface area contributed by atoms with Gasteiger partial charge in [0.1, 0.15) is 23.3 Å². The Morgan fingerprint density at radius 1 is 0.440 bits per heavy atom. The average molecular weight is 1070 g/mol. The third-order valence-electron chi connectivity index (χ3n) is 12.0. The van der Waals surface area contributed by atoms with E-state index >= 15 is 0 Å². The van der Waals surface area contributed by atoms with Crippen LogP contribution >= 0.6 is 15.9 Å². The number of fused-ring (bicyclic) bond motifs is 9. The molecule has 3 aromatic heterocycles. The van der Waals surface area contributed by atoms with Gasteiger partial charge in [-0.2, -0.15) is 0 Å². The molecule has 0 atom stereocenters. The van der Waals surface area contributed by atoms with E-state index in [9.17, 15) is 31.9 Å². The molecule has 0 amide bonds. The number of nitrogens with zero attached hydrogens (tertiary/aromatic N) is 12. The fourth-order valence-corrected chi connectivity index (χ4v) is 8.87. The molecule has 0 unspecified atom stereocenters. The Labute approximate surface area is 433 Å². The minimum absolute atomic E-state index is 0.0646. The number of hydrogen-bond donors (Lipinski definition) is 0. The molecule has 15 nitrogen and oxygen atoms in total. The molecule has 75 heavy (non-hydrogen) atoms. The van der Waals surface area contributed by atoms with E-state index in [1.165, 1.54) is 61.9 Å². The van der Waals surface area contributed by atoms with Crippen LogP contribution in [0, 0.1) is 30.2 Å². The van der Waals surface area contributed by atoms with Crippen molar-refractivity contribution in [3.63, 3.8) is 0 Å². The first-order valence-electron chi connectivity index (χ1n) is 23.1. The van der Waals surface area contributed by atoms with Crippen molar-refractivity contribution < 1.29 is 31.9 Å². The summed E-state index contributed by atoms with van der Waals surface area (Å²) < 4.78 is 62.4. The van der Waals surface area contributed by atoms with E-state index in [0.29, 0.717) is 62.7 Å². The summed E-state index contributed by atoms with van der Waals surface area (Å²) in [6.45, 7) is 6.71. The number of Topliss-reactive ketones (excluding diaryl/α,β-unsaturated/α-hetero) is 3. The maximum Gasteiger partial charge on any atom is 0.217 e. The number of carbonyl (C=O) groups is 3. The van der Waals surface area contributed by atoms with Crippen LogP contribution in [0.25, 0.3) is 17.1 Å². The molecule has 0 aliphatic carbocycles. The summed E-state index contributed by atoms with van der Waals surface area (Å²) in [5, 5.41) is 12.8. The van der Waals surface area contributed by atoms with Crippen LogP contribution in [-0.4, -0.2) is 78.8 Å². The Kier molecular flexibility index (Phi) is 13.5. The van der Waals surface area contributed by atoms with Crippen molar-refractivity contribution in [3.8, 4) is 17.1 Å². The standard InChI is InChI=1S/C19H15FN4O.C18H12BrFN4O.C18H12F2N4O/c1-11-7-8-16-14(9-11)18(13-5-3-4-6-15(13)20)21-10-17-22-19(12(2)25)23-24(16)17;2*1-10(25)18-22-16-9-21-17(12-4-2-3-5-14(12)20)13-8-11(19)6-7-15(13)24(16)23-18/h3-9H,10H2,1-2H3;2*2-8H,9H2,1H3. The van der Waals surface area contributed by atoms with E-state index in [4.69, 9.17) is 0 Å². The van der Waals surface area contributed by atoms with Gasteiger partial charge in [0.25, 0.3) is 0 Å². The van der Waals surface area contributed by atoms with Crippen LogP contribution in [0.4, 0.5) is 17.6 Å². The number of aliphatic imine (C=N–C) groups is 3. The average Bonchev–Trinajstić information content (AvgIpc) is 4.09. The first-order valence-corrected chi connectivity index (χ1v) is 23.9. The highest BCUT2D eigenvalue weighted by Crippen LogP contribution is 2.30. The van der Waals surface area contributed by atoms with Crippen LogP contribution < -0.4 is 0 Å². The Bertz CT molecular complexity index is 3520. The molecule has 372 valence electrons. The number of carbonyl (C=O) groups excluding carboxylic acids is 3. The second-order valence-corrected chi connectivity index (χ2v) is 18.2. The molecule has 0 saturated heterocycles. The summed E-state index contributed by atoms with van der Waals surface area (Å²) in [7, 11) is 0. The summed E-state index contributed by atoms with van der Waals surface area (Å²) in [6, 6.07) is 34.7. The third-order valence-corrected chi connectivity index (χ3v) is 12.5. The van der Waals surface area contributed by atoms with Gasteiger partial charge < -0.3 is 0 Å². The zero-order valence-electron chi connectivity index (χ0n) is 40.2. The van der Waals surface area contributed by atoms with Crippen molar-refractivity contribution in [2.45, 2.75) is 47.3 Å². The van der Waals surface area contributed by atoms with Gasteiger partial charge in [0.15, 0.2) is 34.8 Å². The first kappa shape index (κ1) is 49.5. The molecular formula is C55H39BrF4N12O3. The molecule has 12 rings (SSSR count). The van der Waals surface area contributed by atoms with Crippen molar-refractivity contribution in [1.29, 1.82) is 0 Å². The highest BCUT2D eigenvalue weighted by atomic mass is 79.9. The Balaban J connectivity index is 0.000000128. The zero-order chi connectivity index (χ0) is 52.7. The highest BCUT2D eigenvalue weighted by molar-refractivity contribution is 9.10. The molecular weight excluding hydrogens is 1030 g/mol. The summed E-state index contributed by atoms with van der Waals surface area (Å²) in [4.78, 5) is 61.1. The first-order chi connectivity index (χ1) is 36.1. The molecule has 3 aliphatic heterocycles. The van der Waals surface area contributed by atoms with E-state index in [-0.39, 0.29) is 71.7 Å². The lowest BCUT2D eigenvalue weighted by Crippen LogP contribution is -2.10. The molecule has 20 heteroatoms. The SMILES string of the molecule is CC(=O)c1nc2n(n1)-c1ccc(Br)cc1C(c1ccccc1F)=NC2.CC(=O)c1nc2n(n1)-c1ccc(C)cc1C(c1ccccc1F)=NC2.CC(=O)c1nc2n(n1)-c1ccc(F)cc1C(c1ccccc1F)=NC2. The van der Waals surface area contributed by atoms with E-state index < -0.39 is 11.6 Å². The van der Waals surface area contributed by atoms with Gasteiger partial charge in [-0.15, -0.1) is 15.3 Å². The lowest BCUT2D eigenvalue weighted by atomic mass is 9.98. The Hall–Kier alpha value is -9.04. The van der Waals surface area contributed by atoms with Gasteiger partial charge >= 0.3 is 0 Å². The number of aromatic nitrogens is 9. The van der Waals surface area contributed by atoms with E-state index in [1.807, 2.05) is 43.3 Å². The summed E-state index contributed by atoms with van der Waals surface area (Å²) in [6.07, 6.45) is 0. The minimum atomic E-state index is -0.474. The van der Waals surface area contributed by atoms with E-state index in [2.05, 4.69) is 61.2 Å². The third kappa shape index (κ3) is 9.82. The van der Waals surface area contributed by atoms with Crippen LogP contribution in [-0.2, 0) is 19.6 Å². The molecule has 0 bridgehead atoms. The monoisotopic (exact) mass is 1070 g/mol. The largest absolute Gasteiger partial charge is 0.291 e. The number of rotatable bonds is 6. The van der Waals surface area contributed by atoms with Crippen LogP contribution in [0.5, 0.6) is 0 Å². The van der Waals surface area contributed by atoms with Gasteiger partial charge in [0.2, 0.25) is 17.5 Å². The van der Waals surface area contributed by atoms with E-state index in [1.54, 1.807) is 64.0 Å².